The molecule has 1 aromatic rings. The minimum absolute atomic E-state index is 0. The topological polar surface area (TPSA) is 50.4 Å². The quantitative estimate of drug-likeness (QED) is 0.366. The van der Waals surface area contributed by atoms with E-state index in [1.54, 1.807) is 12.1 Å². The minimum atomic E-state index is -0.188. The van der Waals surface area contributed by atoms with E-state index in [0.717, 1.165) is 5.57 Å². The van der Waals surface area contributed by atoms with Crippen LogP contribution in [0.5, 0.6) is 0 Å². The highest BCUT2D eigenvalue weighted by Gasteiger charge is 2.00. The number of aliphatic imine (C=N–C) groups is 1. The molecule has 0 aromatic heterocycles. The van der Waals surface area contributed by atoms with Gasteiger partial charge in [-0.2, -0.15) is 0 Å². The van der Waals surface area contributed by atoms with Gasteiger partial charge in [0, 0.05) is 6.54 Å². The fourth-order valence-electron chi connectivity index (χ4n) is 1.30. The molecule has 3 nitrogen and oxygen atoms in total. The molecule has 5 heteroatoms. The van der Waals surface area contributed by atoms with E-state index in [4.69, 9.17) is 5.73 Å². The number of guanidine groups is 1. The van der Waals surface area contributed by atoms with Crippen molar-refractivity contribution in [1.82, 2.24) is 5.32 Å². The van der Waals surface area contributed by atoms with Crippen molar-refractivity contribution in [3.8, 4) is 0 Å². The predicted octanol–water partition coefficient (Wildman–Crippen LogP) is 2.47. The average molecular weight is 363 g/mol. The number of halogens is 2. The van der Waals surface area contributed by atoms with Crippen LogP contribution in [0.4, 0.5) is 4.39 Å². The fourth-order valence-corrected chi connectivity index (χ4v) is 1.30. The van der Waals surface area contributed by atoms with E-state index in [1.807, 2.05) is 13.0 Å². The normalized spacial score (nSPS) is 10.7. The lowest BCUT2D eigenvalue weighted by Gasteiger charge is -2.06. The van der Waals surface area contributed by atoms with Crippen molar-refractivity contribution in [1.29, 1.82) is 0 Å². The fraction of sp³-hybridized carbons (Fsp3) is 0.308. The van der Waals surface area contributed by atoms with Crippen LogP contribution in [-0.2, 0) is 6.42 Å². The summed E-state index contributed by atoms with van der Waals surface area (Å²) in [6.45, 7) is 6.69. The molecular weight excluding hydrogens is 344 g/mol. The summed E-state index contributed by atoms with van der Waals surface area (Å²) in [5.74, 6) is 0.177. The summed E-state index contributed by atoms with van der Waals surface area (Å²) in [5, 5.41) is 2.93. The molecule has 3 N–H and O–H groups in total. The molecule has 0 saturated heterocycles. The van der Waals surface area contributed by atoms with Crippen molar-refractivity contribution in [3.63, 3.8) is 0 Å². The van der Waals surface area contributed by atoms with Crippen molar-refractivity contribution in [2.24, 2.45) is 10.7 Å². The molecule has 0 spiro atoms. The Hall–Kier alpha value is -1.11. The molecule has 100 valence electrons. The van der Waals surface area contributed by atoms with Crippen LogP contribution < -0.4 is 11.1 Å². The number of benzene rings is 1. The number of nitrogens with zero attached hydrogens (tertiary/aromatic N) is 1. The summed E-state index contributed by atoms with van der Waals surface area (Å²) in [5.41, 5.74) is 7.25. The molecule has 18 heavy (non-hydrogen) atoms. The van der Waals surface area contributed by atoms with Gasteiger partial charge in [0.25, 0.3) is 0 Å². The van der Waals surface area contributed by atoms with E-state index in [2.05, 4.69) is 16.9 Å². The van der Waals surface area contributed by atoms with Gasteiger partial charge in [0.05, 0.1) is 6.54 Å². The third-order valence-corrected chi connectivity index (χ3v) is 2.18. The van der Waals surface area contributed by atoms with Gasteiger partial charge in [-0.05, 0) is 25.0 Å². The predicted molar refractivity (Wildman–Crippen MR) is 84.8 cm³/mol. The van der Waals surface area contributed by atoms with Crippen molar-refractivity contribution in [3.05, 3.63) is 47.8 Å². The molecule has 0 aliphatic carbocycles. The van der Waals surface area contributed by atoms with Gasteiger partial charge in [-0.3, -0.25) is 0 Å². The zero-order valence-electron chi connectivity index (χ0n) is 10.4. The Labute approximate surface area is 124 Å². The second-order valence-electron chi connectivity index (χ2n) is 3.93. The largest absolute Gasteiger partial charge is 0.370 e. The van der Waals surface area contributed by atoms with Gasteiger partial charge in [0.2, 0.25) is 0 Å². The van der Waals surface area contributed by atoms with Gasteiger partial charge >= 0.3 is 0 Å². The highest BCUT2D eigenvalue weighted by Crippen LogP contribution is 2.05. The van der Waals surface area contributed by atoms with Gasteiger partial charge in [-0.1, -0.05) is 30.4 Å². The Balaban J connectivity index is 0.00000289. The van der Waals surface area contributed by atoms with E-state index in [9.17, 15) is 4.39 Å². The first-order valence-electron chi connectivity index (χ1n) is 5.51. The van der Waals surface area contributed by atoms with Crippen molar-refractivity contribution in [2.45, 2.75) is 13.3 Å². The van der Waals surface area contributed by atoms with Gasteiger partial charge in [0.1, 0.15) is 5.82 Å². The summed E-state index contributed by atoms with van der Waals surface area (Å²) in [6.07, 6.45) is 0.579. The van der Waals surface area contributed by atoms with Gasteiger partial charge in [-0.25, -0.2) is 9.38 Å². The highest BCUT2D eigenvalue weighted by molar-refractivity contribution is 14.0. The molecule has 1 aromatic carbocycles. The maximum atomic E-state index is 13.3. The van der Waals surface area contributed by atoms with Crippen molar-refractivity contribution in [2.75, 3.05) is 13.1 Å². The number of hydrogen-bond acceptors (Lipinski definition) is 1. The Morgan fingerprint density at radius 3 is 2.72 bits per heavy atom. The number of nitrogens with one attached hydrogen (secondary N) is 1. The van der Waals surface area contributed by atoms with Crippen LogP contribution in [0.3, 0.4) is 0 Å². The zero-order valence-corrected chi connectivity index (χ0v) is 12.8. The molecule has 0 aliphatic rings. The van der Waals surface area contributed by atoms with E-state index in [-0.39, 0.29) is 29.8 Å². The van der Waals surface area contributed by atoms with Gasteiger partial charge in [-0.15, -0.1) is 24.0 Å². The molecular formula is C13H19FIN3. The van der Waals surface area contributed by atoms with Crippen LogP contribution in [0.2, 0.25) is 0 Å². The molecule has 0 unspecified atom stereocenters. The summed E-state index contributed by atoms with van der Waals surface area (Å²) >= 11 is 0. The van der Waals surface area contributed by atoms with E-state index < -0.39 is 0 Å². The summed E-state index contributed by atoms with van der Waals surface area (Å²) in [4.78, 5) is 4.07. The number of hydrogen-bond donors (Lipinski definition) is 2. The van der Waals surface area contributed by atoms with E-state index >= 15 is 0 Å². The third kappa shape index (κ3) is 6.58. The monoisotopic (exact) mass is 363 g/mol. The Bertz CT molecular complexity index is 418. The lowest BCUT2D eigenvalue weighted by molar-refractivity contribution is 0.607. The maximum absolute atomic E-state index is 13.3. The zero-order chi connectivity index (χ0) is 12.7. The summed E-state index contributed by atoms with van der Waals surface area (Å²) in [7, 11) is 0. The van der Waals surface area contributed by atoms with Crippen LogP contribution in [0.25, 0.3) is 0 Å². The molecule has 0 radical (unpaired) electrons. The Kier molecular flexibility index (Phi) is 8.36. The third-order valence-electron chi connectivity index (χ3n) is 2.18. The lowest BCUT2D eigenvalue weighted by Crippen LogP contribution is -2.33. The highest BCUT2D eigenvalue weighted by atomic mass is 127. The maximum Gasteiger partial charge on any atom is 0.188 e. The smallest absolute Gasteiger partial charge is 0.188 e. The Morgan fingerprint density at radius 2 is 2.11 bits per heavy atom. The summed E-state index contributed by atoms with van der Waals surface area (Å²) in [6, 6.07) is 6.71. The molecule has 0 bridgehead atoms. The standard InChI is InChI=1S/C13H18FN3.HI/c1-10(2)9-17-13(15)16-8-7-11-5-3-4-6-12(11)14;/h3-6H,1,7-9H2,2H3,(H3,15,16,17);1H. The van der Waals surface area contributed by atoms with Crippen LogP contribution in [0.15, 0.2) is 41.4 Å². The molecule has 1 rings (SSSR count). The second kappa shape index (κ2) is 8.91. The molecule has 0 atom stereocenters. The van der Waals surface area contributed by atoms with Crippen LogP contribution in [-0.4, -0.2) is 19.0 Å². The Morgan fingerprint density at radius 1 is 1.44 bits per heavy atom. The first-order valence-corrected chi connectivity index (χ1v) is 5.51. The van der Waals surface area contributed by atoms with E-state index in [0.29, 0.717) is 31.0 Å². The lowest BCUT2D eigenvalue weighted by atomic mass is 10.1. The van der Waals surface area contributed by atoms with Gasteiger partial charge < -0.3 is 11.1 Å². The van der Waals surface area contributed by atoms with Crippen LogP contribution in [0, 0.1) is 5.82 Å². The minimum Gasteiger partial charge on any atom is -0.370 e. The average Bonchev–Trinajstić information content (AvgIpc) is 2.29. The molecule has 0 amide bonds. The number of nitrogens with two attached hydrogens (primary N) is 1. The van der Waals surface area contributed by atoms with Crippen molar-refractivity contribution < 1.29 is 4.39 Å². The van der Waals surface area contributed by atoms with E-state index in [1.165, 1.54) is 6.07 Å². The summed E-state index contributed by atoms with van der Waals surface area (Å²) < 4.78 is 13.3. The number of rotatable bonds is 5. The molecule has 0 saturated carbocycles. The first kappa shape index (κ1) is 16.9. The van der Waals surface area contributed by atoms with Crippen molar-refractivity contribution >= 4 is 29.9 Å². The molecule has 0 aliphatic heterocycles. The first-order chi connectivity index (χ1) is 8.09. The molecule has 0 fully saturated rings. The van der Waals surface area contributed by atoms with Crippen LogP contribution in [0.1, 0.15) is 12.5 Å². The van der Waals surface area contributed by atoms with Gasteiger partial charge in [0.15, 0.2) is 5.96 Å². The SMILES string of the molecule is C=C(C)CN=C(N)NCCc1ccccc1F.I. The van der Waals surface area contributed by atoms with Crippen LogP contribution >= 0.6 is 24.0 Å². The second-order valence-corrected chi connectivity index (χ2v) is 3.93. The molecule has 0 heterocycles.